The predicted molar refractivity (Wildman–Crippen MR) is 116 cm³/mol. The molecule has 1 N–H and O–H groups in total. The molecular weight excluding hydrogens is 385 g/mol. The van der Waals surface area contributed by atoms with E-state index in [1.54, 1.807) is 13.2 Å². The van der Waals surface area contributed by atoms with Crippen LogP contribution in [0.4, 0.5) is 10.1 Å². The maximum absolute atomic E-state index is 13.9. The van der Waals surface area contributed by atoms with Crippen molar-refractivity contribution in [1.29, 1.82) is 0 Å². The number of rotatable bonds is 7. The summed E-state index contributed by atoms with van der Waals surface area (Å²) in [7, 11) is 3.06. The summed E-state index contributed by atoms with van der Waals surface area (Å²) in [5.74, 6) is 0.515. The number of nitrogens with one attached hydrogen (secondary N) is 1. The maximum Gasteiger partial charge on any atom is 0.241 e. The van der Waals surface area contributed by atoms with Crippen LogP contribution >= 0.6 is 0 Å². The van der Waals surface area contributed by atoms with Crippen molar-refractivity contribution >= 4 is 11.6 Å². The standard InChI is InChI=1S/C23H30FN3O3/c1-16-5-7-22(30-4)20(13-16)25-23(28)17(2)27-11-9-26(10-12-27)15-18-6-8-21(29-3)19(24)14-18/h5-8,13-14,17H,9-12,15H2,1-4H3,(H,25,28). The van der Waals surface area contributed by atoms with Crippen LogP contribution in [0.5, 0.6) is 11.5 Å². The molecule has 30 heavy (non-hydrogen) atoms. The molecule has 2 aromatic rings. The Morgan fingerprint density at radius 2 is 1.73 bits per heavy atom. The highest BCUT2D eigenvalue weighted by atomic mass is 19.1. The highest BCUT2D eigenvalue weighted by Crippen LogP contribution is 2.26. The summed E-state index contributed by atoms with van der Waals surface area (Å²) in [5, 5.41) is 2.99. The molecule has 0 radical (unpaired) electrons. The minimum absolute atomic E-state index is 0.0513. The van der Waals surface area contributed by atoms with Crippen molar-refractivity contribution in [1.82, 2.24) is 9.80 Å². The normalized spacial score (nSPS) is 16.2. The SMILES string of the molecule is COc1ccc(CN2CCN(C(C)C(=O)Nc3cc(C)ccc3OC)CC2)cc1F. The van der Waals surface area contributed by atoms with Gasteiger partial charge in [0.15, 0.2) is 11.6 Å². The van der Waals surface area contributed by atoms with Crippen molar-refractivity contribution in [2.45, 2.75) is 26.4 Å². The number of methoxy groups -OCH3 is 2. The van der Waals surface area contributed by atoms with Gasteiger partial charge in [-0.05, 0) is 49.2 Å². The molecule has 0 aromatic heterocycles. The van der Waals surface area contributed by atoms with E-state index < -0.39 is 0 Å². The van der Waals surface area contributed by atoms with E-state index in [4.69, 9.17) is 9.47 Å². The van der Waals surface area contributed by atoms with E-state index in [-0.39, 0.29) is 23.5 Å². The number of nitrogens with zero attached hydrogens (tertiary/aromatic N) is 2. The van der Waals surface area contributed by atoms with Gasteiger partial charge in [0.1, 0.15) is 5.75 Å². The molecule has 1 heterocycles. The fourth-order valence-electron chi connectivity index (χ4n) is 3.70. The summed E-state index contributed by atoms with van der Waals surface area (Å²) >= 11 is 0. The number of halogens is 1. The minimum atomic E-state index is -0.342. The van der Waals surface area contributed by atoms with E-state index in [1.807, 2.05) is 38.1 Å². The molecule has 162 valence electrons. The van der Waals surface area contributed by atoms with Gasteiger partial charge >= 0.3 is 0 Å². The van der Waals surface area contributed by atoms with Crippen LogP contribution in [0.25, 0.3) is 0 Å². The molecule has 7 heteroatoms. The smallest absolute Gasteiger partial charge is 0.241 e. The fourth-order valence-corrected chi connectivity index (χ4v) is 3.70. The van der Waals surface area contributed by atoms with Gasteiger partial charge in [0.25, 0.3) is 0 Å². The summed E-state index contributed by atoms with van der Waals surface area (Å²) in [6.45, 7) is 7.77. The highest BCUT2D eigenvalue weighted by molar-refractivity contribution is 5.96. The van der Waals surface area contributed by atoms with Gasteiger partial charge in [-0.2, -0.15) is 0 Å². The van der Waals surface area contributed by atoms with Crippen molar-refractivity contribution in [3.63, 3.8) is 0 Å². The van der Waals surface area contributed by atoms with Crippen LogP contribution in [0.15, 0.2) is 36.4 Å². The molecule has 1 saturated heterocycles. The molecule has 0 saturated carbocycles. The molecule has 1 atom stereocenters. The summed E-state index contributed by atoms with van der Waals surface area (Å²) in [5.41, 5.74) is 2.66. The first-order valence-corrected chi connectivity index (χ1v) is 10.2. The lowest BCUT2D eigenvalue weighted by atomic mass is 10.1. The van der Waals surface area contributed by atoms with Gasteiger partial charge in [0.05, 0.1) is 25.9 Å². The van der Waals surface area contributed by atoms with Crippen molar-refractivity contribution in [3.8, 4) is 11.5 Å². The fraction of sp³-hybridized carbons (Fsp3) is 0.435. The average Bonchev–Trinajstić information content (AvgIpc) is 2.74. The number of hydrogen-bond donors (Lipinski definition) is 1. The van der Waals surface area contributed by atoms with Crippen LogP contribution in [0, 0.1) is 12.7 Å². The van der Waals surface area contributed by atoms with E-state index in [0.717, 1.165) is 37.3 Å². The molecule has 6 nitrogen and oxygen atoms in total. The zero-order chi connectivity index (χ0) is 21.7. The second-order valence-corrected chi connectivity index (χ2v) is 7.65. The molecule has 0 bridgehead atoms. The van der Waals surface area contributed by atoms with Crippen LogP contribution in [0.1, 0.15) is 18.1 Å². The number of benzene rings is 2. The third-order valence-corrected chi connectivity index (χ3v) is 5.57. The number of amides is 1. The number of carbonyl (C=O) groups excluding carboxylic acids is 1. The number of anilines is 1. The number of hydrogen-bond acceptors (Lipinski definition) is 5. The van der Waals surface area contributed by atoms with Gasteiger partial charge in [0.2, 0.25) is 5.91 Å². The van der Waals surface area contributed by atoms with E-state index in [0.29, 0.717) is 18.0 Å². The van der Waals surface area contributed by atoms with Gasteiger partial charge in [-0.3, -0.25) is 14.6 Å². The van der Waals surface area contributed by atoms with Crippen molar-refractivity contribution < 1.29 is 18.7 Å². The van der Waals surface area contributed by atoms with Crippen molar-refractivity contribution in [2.75, 3.05) is 45.7 Å². The monoisotopic (exact) mass is 415 g/mol. The second kappa shape index (κ2) is 9.91. The number of piperazine rings is 1. The van der Waals surface area contributed by atoms with Crippen LogP contribution in [0.2, 0.25) is 0 Å². The Kier molecular flexibility index (Phi) is 7.29. The van der Waals surface area contributed by atoms with Crippen molar-refractivity contribution in [2.24, 2.45) is 0 Å². The van der Waals surface area contributed by atoms with E-state index in [1.165, 1.54) is 13.2 Å². The van der Waals surface area contributed by atoms with Crippen LogP contribution in [-0.4, -0.2) is 62.1 Å². The van der Waals surface area contributed by atoms with Gasteiger partial charge in [-0.1, -0.05) is 12.1 Å². The first-order valence-electron chi connectivity index (χ1n) is 10.2. The topological polar surface area (TPSA) is 54.0 Å². The quantitative estimate of drug-likeness (QED) is 0.752. The predicted octanol–water partition coefficient (Wildman–Crippen LogP) is 3.30. The molecular formula is C23H30FN3O3. The lowest BCUT2D eigenvalue weighted by Crippen LogP contribution is -2.52. The van der Waals surface area contributed by atoms with Gasteiger partial charge in [0, 0.05) is 32.7 Å². The third kappa shape index (κ3) is 5.29. The average molecular weight is 416 g/mol. The van der Waals surface area contributed by atoms with Crippen LogP contribution < -0.4 is 14.8 Å². The van der Waals surface area contributed by atoms with Crippen LogP contribution in [-0.2, 0) is 11.3 Å². The Morgan fingerprint density at radius 3 is 2.37 bits per heavy atom. The van der Waals surface area contributed by atoms with E-state index in [2.05, 4.69) is 15.1 Å². The molecule has 3 rings (SSSR count). The van der Waals surface area contributed by atoms with Crippen molar-refractivity contribution in [3.05, 3.63) is 53.3 Å². The number of ether oxygens (including phenoxy) is 2. The van der Waals surface area contributed by atoms with Gasteiger partial charge < -0.3 is 14.8 Å². The number of carbonyl (C=O) groups is 1. The Labute approximate surface area is 177 Å². The molecule has 1 unspecified atom stereocenters. The van der Waals surface area contributed by atoms with E-state index in [9.17, 15) is 9.18 Å². The third-order valence-electron chi connectivity index (χ3n) is 5.57. The van der Waals surface area contributed by atoms with Gasteiger partial charge in [-0.25, -0.2) is 4.39 Å². The first-order chi connectivity index (χ1) is 14.4. The van der Waals surface area contributed by atoms with Crippen LogP contribution in [0.3, 0.4) is 0 Å². The Balaban J connectivity index is 1.53. The van der Waals surface area contributed by atoms with E-state index >= 15 is 0 Å². The summed E-state index contributed by atoms with van der Waals surface area (Å²) in [6.07, 6.45) is 0. The molecule has 0 aliphatic carbocycles. The molecule has 2 aromatic carbocycles. The zero-order valence-electron chi connectivity index (χ0n) is 18.1. The first kappa shape index (κ1) is 22.1. The summed E-state index contributed by atoms with van der Waals surface area (Å²) in [4.78, 5) is 17.2. The second-order valence-electron chi connectivity index (χ2n) is 7.65. The summed E-state index contributed by atoms with van der Waals surface area (Å²) in [6, 6.07) is 10.5. The largest absolute Gasteiger partial charge is 0.495 e. The highest BCUT2D eigenvalue weighted by Gasteiger charge is 2.26. The Hall–Kier alpha value is -2.64. The minimum Gasteiger partial charge on any atom is -0.495 e. The molecule has 1 aliphatic heterocycles. The molecule has 1 amide bonds. The molecule has 1 aliphatic rings. The Bertz CT molecular complexity index is 882. The van der Waals surface area contributed by atoms with Gasteiger partial charge in [-0.15, -0.1) is 0 Å². The number of aryl methyl sites for hydroxylation is 1. The Morgan fingerprint density at radius 1 is 1.07 bits per heavy atom. The summed E-state index contributed by atoms with van der Waals surface area (Å²) < 4.78 is 24.2. The lowest BCUT2D eigenvalue weighted by molar-refractivity contribution is -0.121. The molecule has 1 fully saturated rings. The lowest BCUT2D eigenvalue weighted by Gasteiger charge is -2.37. The molecule has 0 spiro atoms. The zero-order valence-corrected chi connectivity index (χ0v) is 18.1. The maximum atomic E-state index is 13.9.